The molecule has 1 N–H and O–H groups in total. The van der Waals surface area contributed by atoms with Crippen LogP contribution in [0.3, 0.4) is 0 Å². The number of rotatable bonds is 7. The minimum absolute atomic E-state index is 0.144. The van der Waals surface area contributed by atoms with E-state index in [0.717, 1.165) is 16.0 Å². The van der Waals surface area contributed by atoms with Gasteiger partial charge in [0.15, 0.2) is 0 Å². The lowest BCUT2D eigenvalue weighted by molar-refractivity contribution is -0.124. The van der Waals surface area contributed by atoms with Gasteiger partial charge in [-0.2, -0.15) is 0 Å². The molecule has 4 rings (SSSR count). The predicted molar refractivity (Wildman–Crippen MR) is 126 cm³/mol. The van der Waals surface area contributed by atoms with Crippen molar-refractivity contribution < 1.29 is 23.5 Å². The van der Waals surface area contributed by atoms with E-state index in [4.69, 9.17) is 4.74 Å². The van der Waals surface area contributed by atoms with Crippen molar-refractivity contribution in [2.75, 3.05) is 17.3 Å². The van der Waals surface area contributed by atoms with Crippen molar-refractivity contribution in [1.82, 2.24) is 4.90 Å². The molecule has 1 atom stereocenters. The Morgan fingerprint density at radius 1 is 1.03 bits per heavy atom. The number of carbonyl (C=O) groups is 3. The molecule has 0 bridgehead atoms. The standard InChI is InChI=1S/C26H24FN3O4/c1-17-4-3-5-21(14-17)30-25(32)23(15-24(31)28-20-10-8-19(27)9-11-20)29(26(30)33)16-18-6-12-22(34-2)13-7-18/h3-14,23H,15-16H2,1-2H3,(H,28,31)/t23-/m1/s1. The minimum Gasteiger partial charge on any atom is -0.497 e. The Bertz CT molecular complexity index is 1210. The monoisotopic (exact) mass is 461 g/mol. The number of nitrogens with one attached hydrogen (secondary N) is 1. The van der Waals surface area contributed by atoms with Gasteiger partial charge in [-0.1, -0.05) is 24.3 Å². The van der Waals surface area contributed by atoms with Gasteiger partial charge >= 0.3 is 6.03 Å². The van der Waals surface area contributed by atoms with Crippen molar-refractivity contribution >= 4 is 29.2 Å². The summed E-state index contributed by atoms with van der Waals surface area (Å²) in [6, 6.07) is 18.1. The summed E-state index contributed by atoms with van der Waals surface area (Å²) in [6.07, 6.45) is -0.236. The summed E-state index contributed by atoms with van der Waals surface area (Å²) in [4.78, 5) is 42.0. The molecule has 0 aliphatic carbocycles. The van der Waals surface area contributed by atoms with Gasteiger partial charge in [-0.05, 0) is 66.6 Å². The van der Waals surface area contributed by atoms with E-state index in [1.807, 2.05) is 25.1 Å². The second kappa shape index (κ2) is 9.74. The molecular weight excluding hydrogens is 437 g/mol. The third-order valence-corrected chi connectivity index (χ3v) is 5.60. The van der Waals surface area contributed by atoms with Crippen LogP contribution in [0, 0.1) is 12.7 Å². The highest BCUT2D eigenvalue weighted by Crippen LogP contribution is 2.29. The van der Waals surface area contributed by atoms with Gasteiger partial charge in [0.2, 0.25) is 5.91 Å². The topological polar surface area (TPSA) is 79.0 Å². The van der Waals surface area contributed by atoms with Crippen molar-refractivity contribution in [3.8, 4) is 5.75 Å². The summed E-state index contributed by atoms with van der Waals surface area (Å²) in [7, 11) is 1.56. The number of urea groups is 1. The first-order valence-electron chi connectivity index (χ1n) is 10.8. The summed E-state index contributed by atoms with van der Waals surface area (Å²) < 4.78 is 18.4. The largest absolute Gasteiger partial charge is 0.497 e. The van der Waals surface area contributed by atoms with Gasteiger partial charge in [-0.15, -0.1) is 0 Å². The Morgan fingerprint density at radius 3 is 2.38 bits per heavy atom. The van der Waals surface area contributed by atoms with E-state index in [-0.39, 0.29) is 13.0 Å². The van der Waals surface area contributed by atoms with Crippen LogP contribution in [-0.2, 0) is 16.1 Å². The van der Waals surface area contributed by atoms with Crippen LogP contribution in [0.5, 0.6) is 5.75 Å². The molecule has 8 heteroatoms. The number of benzene rings is 3. The Hall–Kier alpha value is -4.20. The Labute approximate surface area is 196 Å². The van der Waals surface area contributed by atoms with E-state index in [0.29, 0.717) is 17.1 Å². The molecule has 1 fully saturated rings. The number of hydrogen-bond donors (Lipinski definition) is 1. The first-order chi connectivity index (χ1) is 16.4. The number of amides is 4. The summed E-state index contributed by atoms with van der Waals surface area (Å²) >= 11 is 0. The molecule has 0 radical (unpaired) electrons. The SMILES string of the molecule is COc1ccc(CN2C(=O)N(c3cccc(C)c3)C(=O)[C@H]2CC(=O)Nc2ccc(F)cc2)cc1. The molecule has 0 aromatic heterocycles. The number of halogens is 1. The molecule has 0 spiro atoms. The highest BCUT2D eigenvalue weighted by atomic mass is 19.1. The van der Waals surface area contributed by atoms with Gasteiger partial charge in [-0.25, -0.2) is 14.1 Å². The number of imide groups is 1. The Morgan fingerprint density at radius 2 is 1.74 bits per heavy atom. The van der Waals surface area contributed by atoms with Crippen LogP contribution >= 0.6 is 0 Å². The van der Waals surface area contributed by atoms with Crippen LogP contribution < -0.4 is 15.0 Å². The third-order valence-electron chi connectivity index (χ3n) is 5.60. The van der Waals surface area contributed by atoms with Crippen LogP contribution in [0.15, 0.2) is 72.8 Å². The van der Waals surface area contributed by atoms with Gasteiger partial charge in [0.25, 0.3) is 5.91 Å². The number of ether oxygens (including phenoxy) is 1. The Balaban J connectivity index is 1.60. The summed E-state index contributed by atoms with van der Waals surface area (Å²) in [5.74, 6) is -0.680. The molecule has 34 heavy (non-hydrogen) atoms. The van der Waals surface area contributed by atoms with Crippen molar-refractivity contribution in [2.24, 2.45) is 0 Å². The Kier molecular flexibility index (Phi) is 6.58. The molecule has 1 aliphatic rings. The number of methoxy groups -OCH3 is 1. The maximum atomic E-state index is 13.4. The molecule has 3 aromatic carbocycles. The van der Waals surface area contributed by atoms with Crippen LogP contribution in [0.1, 0.15) is 17.5 Å². The molecule has 3 aromatic rings. The van der Waals surface area contributed by atoms with Crippen molar-refractivity contribution in [3.63, 3.8) is 0 Å². The predicted octanol–water partition coefficient (Wildman–Crippen LogP) is 4.51. The van der Waals surface area contributed by atoms with E-state index in [9.17, 15) is 18.8 Å². The third kappa shape index (κ3) is 4.91. The van der Waals surface area contributed by atoms with Gasteiger partial charge in [0.1, 0.15) is 17.6 Å². The van der Waals surface area contributed by atoms with Gasteiger partial charge < -0.3 is 15.0 Å². The van der Waals surface area contributed by atoms with Crippen LogP contribution in [0.4, 0.5) is 20.6 Å². The van der Waals surface area contributed by atoms with Crippen LogP contribution in [-0.4, -0.2) is 35.9 Å². The van der Waals surface area contributed by atoms with Gasteiger partial charge in [0, 0.05) is 12.2 Å². The molecule has 7 nitrogen and oxygen atoms in total. The summed E-state index contributed by atoms with van der Waals surface area (Å²) in [5, 5.41) is 2.66. The maximum absolute atomic E-state index is 13.4. The number of nitrogens with zero attached hydrogens (tertiary/aromatic N) is 2. The van der Waals surface area contributed by atoms with E-state index >= 15 is 0 Å². The number of hydrogen-bond acceptors (Lipinski definition) is 4. The fourth-order valence-corrected chi connectivity index (χ4v) is 3.87. The van der Waals surface area contributed by atoms with Crippen molar-refractivity contribution in [2.45, 2.75) is 25.9 Å². The fourth-order valence-electron chi connectivity index (χ4n) is 3.87. The normalized spacial score (nSPS) is 15.6. The molecular formula is C26H24FN3O4. The summed E-state index contributed by atoms with van der Waals surface area (Å²) in [5.41, 5.74) is 2.55. The maximum Gasteiger partial charge on any atom is 0.332 e. The quantitative estimate of drug-likeness (QED) is 0.525. The first kappa shape index (κ1) is 23.0. The lowest BCUT2D eigenvalue weighted by Gasteiger charge is -2.22. The molecule has 1 saturated heterocycles. The highest BCUT2D eigenvalue weighted by Gasteiger charge is 2.46. The van der Waals surface area contributed by atoms with Crippen LogP contribution in [0.2, 0.25) is 0 Å². The van der Waals surface area contributed by atoms with Crippen molar-refractivity contribution in [3.05, 3.63) is 89.7 Å². The molecule has 0 unspecified atom stereocenters. The second-order valence-corrected chi connectivity index (χ2v) is 8.05. The zero-order valence-corrected chi connectivity index (χ0v) is 18.8. The van der Waals surface area contributed by atoms with Gasteiger partial charge in [-0.3, -0.25) is 9.59 Å². The van der Waals surface area contributed by atoms with E-state index in [2.05, 4.69) is 5.32 Å². The first-order valence-corrected chi connectivity index (χ1v) is 10.8. The van der Waals surface area contributed by atoms with Crippen molar-refractivity contribution in [1.29, 1.82) is 0 Å². The fraction of sp³-hybridized carbons (Fsp3) is 0.192. The number of aryl methyl sites for hydroxylation is 1. The molecule has 174 valence electrons. The lowest BCUT2D eigenvalue weighted by Crippen LogP contribution is -2.37. The zero-order valence-electron chi connectivity index (χ0n) is 18.8. The number of carbonyl (C=O) groups excluding carboxylic acids is 3. The second-order valence-electron chi connectivity index (χ2n) is 8.05. The molecule has 1 aliphatic heterocycles. The average molecular weight is 461 g/mol. The van der Waals surface area contributed by atoms with E-state index in [1.54, 1.807) is 37.4 Å². The van der Waals surface area contributed by atoms with Crippen LogP contribution in [0.25, 0.3) is 0 Å². The average Bonchev–Trinajstić information content (AvgIpc) is 3.05. The zero-order chi connectivity index (χ0) is 24.2. The lowest BCUT2D eigenvalue weighted by atomic mass is 10.1. The summed E-state index contributed by atoms with van der Waals surface area (Å²) in [6.45, 7) is 2.02. The smallest absolute Gasteiger partial charge is 0.332 e. The molecule has 1 heterocycles. The van der Waals surface area contributed by atoms with E-state index < -0.39 is 29.7 Å². The van der Waals surface area contributed by atoms with E-state index in [1.165, 1.54) is 29.2 Å². The molecule has 0 saturated carbocycles. The number of anilines is 2. The minimum atomic E-state index is -0.990. The highest BCUT2D eigenvalue weighted by molar-refractivity contribution is 6.22. The molecule has 4 amide bonds. The van der Waals surface area contributed by atoms with Gasteiger partial charge in [0.05, 0.1) is 19.2 Å².